The average Bonchev–Trinajstić information content (AvgIpc) is 2.51. The van der Waals surface area contributed by atoms with Crippen LogP contribution in [-0.2, 0) is 13.5 Å². The van der Waals surface area contributed by atoms with Crippen LogP contribution in [0.2, 0.25) is 0 Å². The molecule has 13 heavy (non-hydrogen) atoms. The quantitative estimate of drug-likeness (QED) is 0.671. The molecule has 0 saturated heterocycles. The molecule has 0 aromatic carbocycles. The molecule has 0 amide bonds. The molecule has 0 bridgehead atoms. The number of hydrogen-bond acceptors (Lipinski definition) is 2. The summed E-state index contributed by atoms with van der Waals surface area (Å²) in [5, 5.41) is 7.70. The van der Waals surface area contributed by atoms with E-state index >= 15 is 0 Å². The van der Waals surface area contributed by atoms with Crippen LogP contribution >= 0.6 is 0 Å². The Labute approximate surface area is 80.1 Å². The summed E-state index contributed by atoms with van der Waals surface area (Å²) in [5.41, 5.74) is 1.17. The van der Waals surface area contributed by atoms with Crippen molar-refractivity contribution in [2.24, 2.45) is 7.05 Å². The molecular weight excluding hydrogens is 162 g/mol. The van der Waals surface area contributed by atoms with Gasteiger partial charge in [-0.25, -0.2) is 0 Å². The highest BCUT2D eigenvalue weighted by molar-refractivity contribution is 4.98. The summed E-state index contributed by atoms with van der Waals surface area (Å²) in [6.45, 7) is 4.38. The molecule has 0 unspecified atom stereocenters. The second-order valence-electron chi connectivity index (χ2n) is 3.33. The van der Waals surface area contributed by atoms with Crippen molar-refractivity contribution in [3.63, 3.8) is 0 Å². The predicted molar refractivity (Wildman–Crippen MR) is 54.7 cm³/mol. The Kier molecular flexibility index (Phi) is 4.54. The van der Waals surface area contributed by atoms with Crippen LogP contribution in [-0.4, -0.2) is 22.9 Å². The number of hydrogen-bond donors (Lipinski definition) is 1. The summed E-state index contributed by atoms with van der Waals surface area (Å²) >= 11 is 0. The van der Waals surface area contributed by atoms with Crippen molar-refractivity contribution < 1.29 is 0 Å². The van der Waals surface area contributed by atoms with Crippen LogP contribution in [0.5, 0.6) is 0 Å². The van der Waals surface area contributed by atoms with E-state index in [0.29, 0.717) is 0 Å². The van der Waals surface area contributed by atoms with Gasteiger partial charge < -0.3 is 5.32 Å². The van der Waals surface area contributed by atoms with Gasteiger partial charge in [0.1, 0.15) is 0 Å². The fourth-order valence-electron chi connectivity index (χ4n) is 1.24. The molecule has 0 aliphatic rings. The third kappa shape index (κ3) is 4.08. The minimum Gasteiger partial charge on any atom is -0.316 e. The topological polar surface area (TPSA) is 29.9 Å². The van der Waals surface area contributed by atoms with E-state index in [1.165, 1.54) is 18.5 Å². The highest BCUT2D eigenvalue weighted by Gasteiger charge is 1.95. The number of rotatable bonds is 6. The van der Waals surface area contributed by atoms with Crippen molar-refractivity contribution in [2.75, 3.05) is 13.1 Å². The maximum absolute atomic E-state index is 4.31. The first-order chi connectivity index (χ1) is 6.33. The summed E-state index contributed by atoms with van der Waals surface area (Å²) in [6.07, 6.45) is 5.55. The van der Waals surface area contributed by atoms with Gasteiger partial charge in [-0.05, 0) is 19.0 Å². The molecule has 1 aromatic rings. The van der Waals surface area contributed by atoms with Gasteiger partial charge in [-0.1, -0.05) is 13.3 Å². The van der Waals surface area contributed by atoms with Gasteiger partial charge in [0.15, 0.2) is 0 Å². The molecule has 1 rings (SSSR count). The normalized spacial score (nSPS) is 10.6. The van der Waals surface area contributed by atoms with Crippen molar-refractivity contribution in [3.8, 4) is 0 Å². The van der Waals surface area contributed by atoms with Crippen molar-refractivity contribution >= 4 is 0 Å². The first-order valence-corrected chi connectivity index (χ1v) is 5.02. The van der Waals surface area contributed by atoms with Crippen LogP contribution in [0, 0.1) is 0 Å². The van der Waals surface area contributed by atoms with Crippen molar-refractivity contribution in [1.29, 1.82) is 0 Å². The molecular formula is C10H19N3. The lowest BCUT2D eigenvalue weighted by molar-refractivity contribution is 0.630. The molecule has 0 fully saturated rings. The molecule has 0 saturated carbocycles. The summed E-state index contributed by atoms with van der Waals surface area (Å²) < 4.78 is 1.85. The van der Waals surface area contributed by atoms with Crippen LogP contribution in [0.4, 0.5) is 0 Å². The van der Waals surface area contributed by atoms with E-state index in [1.54, 1.807) is 0 Å². The lowest BCUT2D eigenvalue weighted by Gasteiger charge is -2.00. The van der Waals surface area contributed by atoms with Crippen molar-refractivity contribution in [1.82, 2.24) is 15.1 Å². The van der Waals surface area contributed by atoms with Crippen LogP contribution in [0.25, 0.3) is 0 Å². The number of aromatic nitrogens is 2. The van der Waals surface area contributed by atoms with Gasteiger partial charge >= 0.3 is 0 Å². The van der Waals surface area contributed by atoms with Gasteiger partial charge in [0.2, 0.25) is 0 Å². The number of nitrogens with one attached hydrogen (secondary N) is 1. The second kappa shape index (κ2) is 5.75. The Morgan fingerprint density at radius 2 is 2.31 bits per heavy atom. The molecule has 1 N–H and O–H groups in total. The third-order valence-corrected chi connectivity index (χ3v) is 2.03. The van der Waals surface area contributed by atoms with E-state index in [0.717, 1.165) is 19.5 Å². The van der Waals surface area contributed by atoms with Crippen molar-refractivity contribution in [2.45, 2.75) is 26.2 Å². The number of unbranched alkanes of at least 4 members (excludes halogenated alkanes) is 1. The van der Waals surface area contributed by atoms with Crippen molar-refractivity contribution in [3.05, 3.63) is 18.0 Å². The molecule has 0 atom stereocenters. The van der Waals surface area contributed by atoms with E-state index in [-0.39, 0.29) is 0 Å². The molecule has 0 aliphatic heterocycles. The van der Waals surface area contributed by atoms with E-state index in [9.17, 15) is 0 Å². The molecule has 0 aliphatic carbocycles. The van der Waals surface area contributed by atoms with Gasteiger partial charge in [-0.3, -0.25) is 4.68 Å². The molecule has 1 aromatic heterocycles. The highest BCUT2D eigenvalue weighted by atomic mass is 15.2. The largest absolute Gasteiger partial charge is 0.316 e. The minimum absolute atomic E-state index is 1.03. The van der Waals surface area contributed by atoms with Crippen LogP contribution in [0.15, 0.2) is 12.3 Å². The zero-order chi connectivity index (χ0) is 9.52. The zero-order valence-corrected chi connectivity index (χ0v) is 8.58. The maximum atomic E-state index is 4.31. The summed E-state index contributed by atoms with van der Waals surface area (Å²) in [4.78, 5) is 0. The SMILES string of the molecule is CCCCNCCc1ccn(C)n1. The minimum atomic E-state index is 1.03. The Morgan fingerprint density at radius 3 is 2.92 bits per heavy atom. The molecule has 74 valence electrons. The van der Waals surface area contributed by atoms with E-state index < -0.39 is 0 Å². The molecule has 0 radical (unpaired) electrons. The van der Waals surface area contributed by atoms with Crippen LogP contribution in [0.1, 0.15) is 25.5 Å². The fourth-order valence-corrected chi connectivity index (χ4v) is 1.24. The smallest absolute Gasteiger partial charge is 0.0637 e. The summed E-state index contributed by atoms with van der Waals surface area (Å²) in [5.74, 6) is 0. The van der Waals surface area contributed by atoms with Crippen LogP contribution < -0.4 is 5.32 Å². The van der Waals surface area contributed by atoms with E-state index in [4.69, 9.17) is 0 Å². The van der Waals surface area contributed by atoms with Gasteiger partial charge in [-0.15, -0.1) is 0 Å². The monoisotopic (exact) mass is 181 g/mol. The van der Waals surface area contributed by atoms with Gasteiger partial charge in [-0.2, -0.15) is 5.10 Å². The Morgan fingerprint density at radius 1 is 1.46 bits per heavy atom. The maximum Gasteiger partial charge on any atom is 0.0637 e. The van der Waals surface area contributed by atoms with Gasteiger partial charge in [0.05, 0.1) is 5.69 Å². The fraction of sp³-hybridized carbons (Fsp3) is 0.700. The summed E-state index contributed by atoms with van der Waals surface area (Å²) in [7, 11) is 1.95. The first kappa shape index (κ1) is 10.3. The Bertz CT molecular complexity index is 230. The van der Waals surface area contributed by atoms with E-state index in [1.807, 2.05) is 17.9 Å². The summed E-state index contributed by atoms with van der Waals surface area (Å²) in [6, 6.07) is 2.07. The number of aryl methyl sites for hydroxylation is 1. The van der Waals surface area contributed by atoms with Crippen LogP contribution in [0.3, 0.4) is 0 Å². The third-order valence-electron chi connectivity index (χ3n) is 2.03. The zero-order valence-electron chi connectivity index (χ0n) is 8.58. The first-order valence-electron chi connectivity index (χ1n) is 5.02. The molecule has 0 spiro atoms. The Hall–Kier alpha value is -0.830. The second-order valence-corrected chi connectivity index (χ2v) is 3.33. The van der Waals surface area contributed by atoms with Gasteiger partial charge in [0, 0.05) is 26.2 Å². The highest BCUT2D eigenvalue weighted by Crippen LogP contribution is 1.93. The standard InChI is InChI=1S/C10H19N3/c1-3-4-7-11-8-5-10-6-9-13(2)12-10/h6,9,11H,3-5,7-8H2,1-2H3. The molecule has 3 heteroatoms. The average molecular weight is 181 g/mol. The molecule has 3 nitrogen and oxygen atoms in total. The van der Waals surface area contributed by atoms with E-state index in [2.05, 4.69) is 23.4 Å². The Balaban J connectivity index is 2.06. The predicted octanol–water partition coefficient (Wildman–Crippen LogP) is 1.35. The molecule has 1 heterocycles. The lowest BCUT2D eigenvalue weighted by atomic mass is 10.3. The number of nitrogens with zero attached hydrogens (tertiary/aromatic N) is 2. The van der Waals surface area contributed by atoms with Gasteiger partial charge in [0.25, 0.3) is 0 Å². The lowest BCUT2D eigenvalue weighted by Crippen LogP contribution is -2.18.